The van der Waals surface area contributed by atoms with Gasteiger partial charge in [0.2, 0.25) is 5.91 Å². The summed E-state index contributed by atoms with van der Waals surface area (Å²) in [6.45, 7) is 0. The quantitative estimate of drug-likeness (QED) is 0.759. The van der Waals surface area contributed by atoms with E-state index in [0.29, 0.717) is 17.0 Å². The van der Waals surface area contributed by atoms with Gasteiger partial charge >= 0.3 is 0 Å². The van der Waals surface area contributed by atoms with Crippen LogP contribution in [0.1, 0.15) is 21.3 Å². The van der Waals surface area contributed by atoms with Crippen molar-refractivity contribution in [3.05, 3.63) is 71.9 Å². The fourth-order valence-electron chi connectivity index (χ4n) is 3.61. The Morgan fingerprint density at radius 3 is 2.88 bits per heavy atom. The molecule has 2 amide bonds. The van der Waals surface area contributed by atoms with E-state index in [2.05, 4.69) is 10.3 Å². The first-order valence-corrected chi connectivity index (χ1v) is 9.46. The lowest BCUT2D eigenvalue weighted by Crippen LogP contribution is -2.42. The van der Waals surface area contributed by atoms with Gasteiger partial charge in [-0.2, -0.15) is 0 Å². The van der Waals surface area contributed by atoms with Crippen LogP contribution in [0.15, 0.2) is 60.8 Å². The van der Waals surface area contributed by atoms with Crippen LogP contribution in [0.4, 0.5) is 5.69 Å². The Morgan fingerprint density at radius 2 is 1.96 bits per heavy atom. The van der Waals surface area contributed by atoms with Gasteiger partial charge in [0.05, 0.1) is 17.4 Å². The average Bonchev–Trinajstić information content (AvgIpc) is 3.22. The van der Waals surface area contributed by atoms with Crippen molar-refractivity contribution in [1.29, 1.82) is 0 Å². The minimum absolute atomic E-state index is 0.0626. The van der Waals surface area contributed by atoms with Crippen molar-refractivity contribution in [2.45, 2.75) is 11.4 Å². The minimum atomic E-state index is -0.476. The average molecular weight is 361 g/mol. The second-order valence-corrected chi connectivity index (χ2v) is 7.52. The number of hydrogen-bond acceptors (Lipinski definition) is 4. The van der Waals surface area contributed by atoms with Gasteiger partial charge < -0.3 is 10.2 Å². The van der Waals surface area contributed by atoms with Crippen LogP contribution in [0.5, 0.6) is 0 Å². The number of fused-ring (bicyclic) bond motifs is 4. The first-order chi connectivity index (χ1) is 12.7. The number of aromatic nitrogens is 1. The molecule has 2 aliphatic rings. The van der Waals surface area contributed by atoms with Crippen molar-refractivity contribution < 1.29 is 9.59 Å². The Balaban J connectivity index is 1.40. The molecule has 5 rings (SSSR count). The summed E-state index contributed by atoms with van der Waals surface area (Å²) in [6, 6.07) is 16.8. The van der Waals surface area contributed by atoms with Crippen molar-refractivity contribution in [3.63, 3.8) is 0 Å². The van der Waals surface area contributed by atoms with Crippen LogP contribution in [0.25, 0.3) is 10.9 Å². The highest BCUT2D eigenvalue weighted by Crippen LogP contribution is 2.48. The van der Waals surface area contributed by atoms with Gasteiger partial charge in [-0.1, -0.05) is 36.4 Å². The van der Waals surface area contributed by atoms with Crippen molar-refractivity contribution >= 4 is 40.2 Å². The number of carbonyl (C=O) groups is 2. The normalized spacial score (nSPS) is 20.9. The van der Waals surface area contributed by atoms with E-state index >= 15 is 0 Å². The van der Waals surface area contributed by atoms with Gasteiger partial charge in [0.25, 0.3) is 5.91 Å². The summed E-state index contributed by atoms with van der Waals surface area (Å²) in [5.41, 5.74) is 3.23. The van der Waals surface area contributed by atoms with Gasteiger partial charge in [0.1, 0.15) is 11.4 Å². The van der Waals surface area contributed by atoms with E-state index in [-0.39, 0.29) is 17.2 Å². The molecule has 0 radical (unpaired) electrons. The van der Waals surface area contributed by atoms with Crippen LogP contribution in [-0.4, -0.2) is 33.5 Å². The number of anilines is 1. The second-order valence-electron chi connectivity index (χ2n) is 6.41. The highest BCUT2D eigenvalue weighted by Gasteiger charge is 2.48. The number of thioether (sulfide) groups is 1. The number of nitrogens with one attached hydrogen (secondary N) is 1. The molecule has 0 aliphatic carbocycles. The summed E-state index contributed by atoms with van der Waals surface area (Å²) in [4.78, 5) is 31.7. The molecule has 6 heteroatoms. The molecule has 26 heavy (non-hydrogen) atoms. The molecule has 1 fully saturated rings. The molecule has 5 nitrogen and oxygen atoms in total. The van der Waals surface area contributed by atoms with Crippen LogP contribution in [0.2, 0.25) is 0 Å². The zero-order valence-electron chi connectivity index (χ0n) is 13.8. The molecule has 0 bridgehead atoms. The SMILES string of the molecule is O=C(Nc1cnc2ccccc2c1)[C@@H]1CS[C@@H]2c3ccccc3C(=O)N21. The van der Waals surface area contributed by atoms with E-state index < -0.39 is 6.04 Å². The molecule has 1 aromatic heterocycles. The third-order valence-corrected chi connectivity index (χ3v) is 6.16. The number of hydrogen-bond donors (Lipinski definition) is 1. The maximum absolute atomic E-state index is 12.8. The fourth-order valence-corrected chi connectivity index (χ4v) is 5.07. The molecule has 128 valence electrons. The van der Waals surface area contributed by atoms with Crippen LogP contribution in [-0.2, 0) is 4.79 Å². The predicted molar refractivity (Wildman–Crippen MR) is 102 cm³/mol. The molecular weight excluding hydrogens is 346 g/mol. The van der Waals surface area contributed by atoms with Crippen LogP contribution in [0.3, 0.4) is 0 Å². The molecule has 0 saturated carbocycles. The zero-order valence-corrected chi connectivity index (χ0v) is 14.6. The lowest BCUT2D eigenvalue weighted by atomic mass is 10.1. The Hall–Kier alpha value is -2.86. The van der Waals surface area contributed by atoms with Crippen molar-refractivity contribution in [1.82, 2.24) is 9.88 Å². The second kappa shape index (κ2) is 5.85. The van der Waals surface area contributed by atoms with Gasteiger partial charge in [0, 0.05) is 16.7 Å². The molecule has 1 N–H and O–H groups in total. The Kier molecular flexibility index (Phi) is 3.46. The lowest BCUT2D eigenvalue weighted by Gasteiger charge is -2.22. The Morgan fingerprint density at radius 1 is 1.15 bits per heavy atom. The number of para-hydroxylation sites is 1. The summed E-state index contributed by atoms with van der Waals surface area (Å²) in [5.74, 6) is 0.364. The highest BCUT2D eigenvalue weighted by atomic mass is 32.2. The van der Waals surface area contributed by atoms with Crippen molar-refractivity contribution in [2.75, 3.05) is 11.1 Å². The van der Waals surface area contributed by atoms with Gasteiger partial charge in [-0.25, -0.2) is 0 Å². The molecule has 2 atom stereocenters. The molecule has 1 saturated heterocycles. The predicted octanol–water partition coefficient (Wildman–Crippen LogP) is 3.44. The summed E-state index contributed by atoms with van der Waals surface area (Å²) in [5, 5.41) is 3.83. The fraction of sp³-hybridized carbons (Fsp3) is 0.150. The molecule has 2 aliphatic heterocycles. The summed E-state index contributed by atoms with van der Waals surface area (Å²) < 4.78 is 0. The standard InChI is InChI=1S/C20H15N3O2S/c24-18(22-13-9-12-5-1-4-8-16(12)21-10-13)17-11-26-20-15-7-3-2-6-14(15)19(25)23(17)20/h1-10,17,20H,11H2,(H,22,24)/t17-,20+/m0/s1. The van der Waals surface area contributed by atoms with E-state index in [1.54, 1.807) is 22.9 Å². The van der Waals surface area contributed by atoms with E-state index in [9.17, 15) is 9.59 Å². The summed E-state index contributed by atoms with van der Waals surface area (Å²) >= 11 is 1.64. The van der Waals surface area contributed by atoms with E-state index in [4.69, 9.17) is 0 Å². The molecule has 3 heterocycles. The lowest BCUT2D eigenvalue weighted by molar-refractivity contribution is -0.119. The smallest absolute Gasteiger partial charge is 0.256 e. The number of benzene rings is 2. The molecule has 2 aromatic carbocycles. The van der Waals surface area contributed by atoms with E-state index in [1.165, 1.54) is 0 Å². The number of pyridine rings is 1. The molecule has 3 aromatic rings. The number of amides is 2. The number of nitrogens with zero attached hydrogens (tertiary/aromatic N) is 2. The Bertz CT molecular complexity index is 1050. The molecule has 0 unspecified atom stereocenters. The van der Waals surface area contributed by atoms with Gasteiger partial charge in [0.15, 0.2) is 0 Å². The van der Waals surface area contributed by atoms with Crippen LogP contribution < -0.4 is 5.32 Å². The first-order valence-electron chi connectivity index (χ1n) is 8.41. The highest BCUT2D eigenvalue weighted by molar-refractivity contribution is 7.99. The number of carbonyl (C=O) groups excluding carboxylic acids is 2. The summed E-state index contributed by atoms with van der Waals surface area (Å²) in [6.07, 6.45) is 1.65. The maximum Gasteiger partial charge on any atom is 0.256 e. The van der Waals surface area contributed by atoms with Crippen molar-refractivity contribution in [3.8, 4) is 0 Å². The van der Waals surface area contributed by atoms with Gasteiger partial charge in [-0.3, -0.25) is 14.6 Å². The zero-order chi connectivity index (χ0) is 17.7. The Labute approximate surface area is 154 Å². The van der Waals surface area contributed by atoms with Crippen molar-refractivity contribution in [2.24, 2.45) is 0 Å². The topological polar surface area (TPSA) is 62.3 Å². The summed E-state index contributed by atoms with van der Waals surface area (Å²) in [7, 11) is 0. The van der Waals surface area contributed by atoms with Crippen LogP contribution >= 0.6 is 11.8 Å². The molecular formula is C20H15N3O2S. The van der Waals surface area contributed by atoms with Gasteiger partial charge in [-0.05, 0) is 23.8 Å². The monoisotopic (exact) mass is 361 g/mol. The number of rotatable bonds is 2. The van der Waals surface area contributed by atoms with E-state index in [1.807, 2.05) is 54.6 Å². The third kappa shape index (κ3) is 2.29. The molecule has 0 spiro atoms. The van der Waals surface area contributed by atoms with Crippen LogP contribution in [0, 0.1) is 0 Å². The third-order valence-electron chi connectivity index (χ3n) is 4.85. The largest absolute Gasteiger partial charge is 0.323 e. The van der Waals surface area contributed by atoms with E-state index in [0.717, 1.165) is 16.5 Å². The minimum Gasteiger partial charge on any atom is -0.323 e. The maximum atomic E-state index is 12.8. The van der Waals surface area contributed by atoms with Gasteiger partial charge in [-0.15, -0.1) is 11.8 Å². The first kappa shape index (κ1) is 15.4.